The summed E-state index contributed by atoms with van der Waals surface area (Å²) in [5, 5.41) is 0.595. The van der Waals surface area contributed by atoms with Gasteiger partial charge in [0.1, 0.15) is 17.7 Å². The second-order valence-electron chi connectivity index (χ2n) is 4.59. The Balaban J connectivity index is 2.32. The van der Waals surface area contributed by atoms with E-state index >= 15 is 0 Å². The van der Waals surface area contributed by atoms with Gasteiger partial charge in [-0.05, 0) is 24.6 Å². The van der Waals surface area contributed by atoms with E-state index in [1.54, 1.807) is 18.2 Å². The third kappa shape index (κ3) is 3.50. The zero-order valence-corrected chi connectivity index (χ0v) is 12.0. The van der Waals surface area contributed by atoms with E-state index in [0.717, 1.165) is 12.0 Å². The first-order valence-electron chi connectivity index (χ1n) is 6.54. The summed E-state index contributed by atoms with van der Waals surface area (Å²) in [6.45, 7) is 1.98. The molecule has 0 heterocycles. The summed E-state index contributed by atoms with van der Waals surface area (Å²) in [5.41, 5.74) is 6.94. The number of hydrogen-bond donors (Lipinski definition) is 1. The van der Waals surface area contributed by atoms with Crippen LogP contribution < -0.4 is 10.5 Å². The molecule has 2 aromatic rings. The lowest BCUT2D eigenvalue weighted by atomic mass is 10.0. The molecule has 0 fully saturated rings. The van der Waals surface area contributed by atoms with Crippen LogP contribution in [0.25, 0.3) is 0 Å². The van der Waals surface area contributed by atoms with Crippen LogP contribution in [0.4, 0.5) is 4.39 Å². The highest BCUT2D eigenvalue weighted by Crippen LogP contribution is 2.30. The second-order valence-corrected chi connectivity index (χ2v) is 5.00. The van der Waals surface area contributed by atoms with Crippen molar-refractivity contribution in [1.29, 1.82) is 0 Å². The Morgan fingerprint density at radius 2 is 1.95 bits per heavy atom. The van der Waals surface area contributed by atoms with Crippen LogP contribution in [-0.2, 0) is 0 Å². The molecule has 4 heteroatoms. The maximum atomic E-state index is 13.2. The molecule has 0 aliphatic rings. The van der Waals surface area contributed by atoms with Crippen molar-refractivity contribution < 1.29 is 9.13 Å². The van der Waals surface area contributed by atoms with Gasteiger partial charge in [-0.25, -0.2) is 4.39 Å². The Kier molecular flexibility index (Phi) is 4.99. The summed E-state index contributed by atoms with van der Waals surface area (Å²) in [7, 11) is 0. The number of nitrogens with two attached hydrogens (primary N) is 1. The maximum absolute atomic E-state index is 13.2. The van der Waals surface area contributed by atoms with Gasteiger partial charge in [0.05, 0.1) is 0 Å². The molecule has 20 heavy (non-hydrogen) atoms. The molecular formula is C16H17ClFNO. The lowest BCUT2D eigenvalue weighted by Gasteiger charge is -2.25. The lowest BCUT2D eigenvalue weighted by molar-refractivity contribution is 0.170. The Morgan fingerprint density at radius 3 is 2.60 bits per heavy atom. The van der Waals surface area contributed by atoms with Crippen molar-refractivity contribution >= 4 is 11.6 Å². The van der Waals surface area contributed by atoms with E-state index < -0.39 is 6.10 Å². The molecule has 2 nitrogen and oxygen atoms in total. The van der Waals surface area contributed by atoms with Crippen molar-refractivity contribution in [2.24, 2.45) is 5.73 Å². The van der Waals surface area contributed by atoms with E-state index in [0.29, 0.717) is 10.8 Å². The van der Waals surface area contributed by atoms with E-state index in [4.69, 9.17) is 22.1 Å². The van der Waals surface area contributed by atoms with Crippen LogP contribution in [0.5, 0.6) is 5.75 Å². The minimum atomic E-state index is -0.407. The first-order valence-corrected chi connectivity index (χ1v) is 6.92. The van der Waals surface area contributed by atoms with Crippen molar-refractivity contribution in [2.75, 3.05) is 0 Å². The van der Waals surface area contributed by atoms with Gasteiger partial charge in [-0.2, -0.15) is 0 Å². The summed E-state index contributed by atoms with van der Waals surface area (Å²) in [5.74, 6) is 0.101. The number of hydrogen-bond acceptors (Lipinski definition) is 2. The van der Waals surface area contributed by atoms with Crippen LogP contribution in [0.15, 0.2) is 48.5 Å². The molecule has 0 amide bonds. The first kappa shape index (κ1) is 14.8. The normalized spacial score (nSPS) is 13.8. The molecule has 0 spiro atoms. The quantitative estimate of drug-likeness (QED) is 0.890. The van der Waals surface area contributed by atoms with Crippen molar-refractivity contribution in [3.05, 3.63) is 64.9 Å². The van der Waals surface area contributed by atoms with Gasteiger partial charge in [0.25, 0.3) is 0 Å². The van der Waals surface area contributed by atoms with E-state index in [1.165, 1.54) is 12.1 Å². The summed E-state index contributed by atoms with van der Waals surface area (Å²) >= 11 is 6.21. The smallest absolute Gasteiger partial charge is 0.140 e. The molecule has 0 aliphatic heterocycles. The van der Waals surface area contributed by atoms with Crippen LogP contribution in [0.1, 0.15) is 25.0 Å². The van der Waals surface area contributed by atoms with Gasteiger partial charge in [0, 0.05) is 22.7 Å². The van der Waals surface area contributed by atoms with E-state index in [1.807, 2.05) is 25.1 Å². The molecule has 0 saturated heterocycles. The lowest BCUT2D eigenvalue weighted by Crippen LogP contribution is -2.31. The standard InChI is InChI=1S/C16H17ClFNO/c1-2-15(19)16(13-8-3-4-9-14(13)17)20-12-7-5-6-11(18)10-12/h3-10,15-16H,2,19H2,1H3. The molecule has 0 aliphatic carbocycles. The largest absolute Gasteiger partial charge is 0.484 e. The van der Waals surface area contributed by atoms with Gasteiger partial charge in [-0.15, -0.1) is 0 Å². The van der Waals surface area contributed by atoms with E-state index in [-0.39, 0.29) is 11.9 Å². The van der Waals surface area contributed by atoms with Gasteiger partial charge in [0.15, 0.2) is 0 Å². The molecule has 0 saturated carbocycles. The van der Waals surface area contributed by atoms with Crippen LogP contribution in [-0.4, -0.2) is 6.04 Å². The Bertz CT molecular complexity index is 576. The van der Waals surface area contributed by atoms with Crippen LogP contribution in [0, 0.1) is 5.82 Å². The van der Waals surface area contributed by atoms with Crippen molar-refractivity contribution in [3.63, 3.8) is 0 Å². The fourth-order valence-corrected chi connectivity index (χ4v) is 2.23. The SMILES string of the molecule is CCC(N)C(Oc1cccc(F)c1)c1ccccc1Cl. The van der Waals surface area contributed by atoms with Gasteiger partial charge < -0.3 is 10.5 Å². The molecule has 2 atom stereocenters. The van der Waals surface area contributed by atoms with Crippen LogP contribution in [0.3, 0.4) is 0 Å². The minimum absolute atomic E-state index is 0.224. The molecule has 2 unspecified atom stereocenters. The van der Waals surface area contributed by atoms with E-state index in [9.17, 15) is 4.39 Å². The van der Waals surface area contributed by atoms with Crippen molar-refractivity contribution in [2.45, 2.75) is 25.5 Å². The molecular weight excluding hydrogens is 277 g/mol. The zero-order chi connectivity index (χ0) is 14.5. The zero-order valence-electron chi connectivity index (χ0n) is 11.2. The van der Waals surface area contributed by atoms with Gasteiger partial charge >= 0.3 is 0 Å². The summed E-state index contributed by atoms with van der Waals surface area (Å²) < 4.78 is 19.1. The van der Waals surface area contributed by atoms with E-state index in [2.05, 4.69) is 0 Å². The average molecular weight is 294 g/mol. The summed E-state index contributed by atoms with van der Waals surface area (Å²) in [4.78, 5) is 0. The first-order chi connectivity index (χ1) is 9.61. The third-order valence-corrected chi connectivity index (χ3v) is 3.48. The van der Waals surface area contributed by atoms with Gasteiger partial charge in [-0.3, -0.25) is 0 Å². The molecule has 2 rings (SSSR count). The highest BCUT2D eigenvalue weighted by atomic mass is 35.5. The number of rotatable bonds is 5. The van der Waals surface area contributed by atoms with Crippen LogP contribution >= 0.6 is 11.6 Å². The fourth-order valence-electron chi connectivity index (χ4n) is 1.99. The highest BCUT2D eigenvalue weighted by molar-refractivity contribution is 6.31. The van der Waals surface area contributed by atoms with Gasteiger partial charge in [-0.1, -0.05) is 42.8 Å². The van der Waals surface area contributed by atoms with Gasteiger partial charge in [0.2, 0.25) is 0 Å². The predicted molar refractivity (Wildman–Crippen MR) is 79.5 cm³/mol. The number of ether oxygens (including phenoxy) is 1. The Hall–Kier alpha value is -1.58. The summed E-state index contributed by atoms with van der Waals surface area (Å²) in [6, 6.07) is 13.2. The fraction of sp³-hybridized carbons (Fsp3) is 0.250. The molecule has 0 aromatic heterocycles. The minimum Gasteiger partial charge on any atom is -0.484 e. The van der Waals surface area contributed by atoms with Crippen molar-refractivity contribution in [3.8, 4) is 5.75 Å². The third-order valence-electron chi connectivity index (χ3n) is 3.13. The predicted octanol–water partition coefficient (Wildman–Crippen LogP) is 4.34. The molecule has 0 bridgehead atoms. The Labute approximate surface area is 123 Å². The maximum Gasteiger partial charge on any atom is 0.140 e. The molecule has 2 aromatic carbocycles. The molecule has 0 radical (unpaired) electrons. The topological polar surface area (TPSA) is 35.2 Å². The number of benzene rings is 2. The number of halogens is 2. The average Bonchev–Trinajstić information content (AvgIpc) is 2.45. The molecule has 2 N–H and O–H groups in total. The second kappa shape index (κ2) is 6.73. The van der Waals surface area contributed by atoms with Crippen molar-refractivity contribution in [1.82, 2.24) is 0 Å². The monoisotopic (exact) mass is 293 g/mol. The highest BCUT2D eigenvalue weighted by Gasteiger charge is 2.22. The summed E-state index contributed by atoms with van der Waals surface area (Å²) in [6.07, 6.45) is 0.320. The Morgan fingerprint density at radius 1 is 1.20 bits per heavy atom. The van der Waals surface area contributed by atoms with Crippen LogP contribution in [0.2, 0.25) is 5.02 Å². The molecule has 106 valence electrons.